The monoisotopic (exact) mass is 1350 g/mol. The van der Waals surface area contributed by atoms with E-state index in [4.69, 9.17) is 4.42 Å². The molecular weight excluding hydrogens is 1280 g/mol. The highest BCUT2D eigenvalue weighted by atomic mass is 32.1. The number of hydrogen-bond donors (Lipinski definition) is 0. The molecule has 0 aliphatic heterocycles. The van der Waals surface area contributed by atoms with Gasteiger partial charge in [0, 0.05) is 75.9 Å². The van der Waals surface area contributed by atoms with Crippen LogP contribution in [-0.4, -0.2) is 0 Å². The van der Waals surface area contributed by atoms with Gasteiger partial charge >= 0.3 is 0 Å². The number of hydrogen-bond acceptors (Lipinski definition) is 4. The minimum atomic E-state index is 0.212. The fourth-order valence-corrected chi connectivity index (χ4v) is 24.6. The lowest BCUT2D eigenvalue weighted by molar-refractivity contribution is -0.0399. The Labute approximate surface area is 611 Å². The summed E-state index contributed by atoms with van der Waals surface area (Å²) in [5, 5.41) is 9.89. The Balaban J connectivity index is 0.000000127. The van der Waals surface area contributed by atoms with Gasteiger partial charge in [0.05, 0.1) is 0 Å². The Morgan fingerprint density at radius 1 is 0.250 bits per heavy atom. The predicted molar refractivity (Wildman–Crippen MR) is 435 cm³/mol. The molecule has 10 aliphatic carbocycles. The lowest BCUT2D eigenvalue weighted by Gasteiger charge is -2.61. The van der Waals surface area contributed by atoms with E-state index in [-0.39, 0.29) is 10.8 Å². The zero-order chi connectivity index (χ0) is 67.9. The first-order valence-corrected chi connectivity index (χ1v) is 39.3. The van der Waals surface area contributed by atoms with E-state index in [0.717, 1.165) is 92.0 Å². The molecule has 8 saturated carbocycles. The van der Waals surface area contributed by atoms with Crippen LogP contribution >= 0.6 is 11.3 Å². The molecule has 0 amide bonds. The number of para-hydroxylation sites is 1. The van der Waals surface area contributed by atoms with Gasteiger partial charge in [-0.1, -0.05) is 194 Å². The zero-order valence-electron chi connectivity index (χ0n) is 58.3. The molecular formula is C100H78N2OS. The average Bonchev–Trinajstić information content (AvgIpc) is 1.60. The Morgan fingerprint density at radius 2 is 0.625 bits per heavy atom. The number of anilines is 6. The fraction of sp³-hybridized carbons (Fsp3) is 0.200. The van der Waals surface area contributed by atoms with E-state index in [9.17, 15) is 0 Å². The molecule has 3 nitrogen and oxygen atoms in total. The summed E-state index contributed by atoms with van der Waals surface area (Å²) in [4.78, 5) is 4.81. The predicted octanol–water partition coefficient (Wildman–Crippen LogP) is 27.7. The van der Waals surface area contributed by atoms with E-state index < -0.39 is 0 Å². The van der Waals surface area contributed by atoms with Crippen LogP contribution in [0.1, 0.15) is 86.5 Å². The van der Waals surface area contributed by atoms with Crippen molar-refractivity contribution in [2.75, 3.05) is 9.80 Å². The third kappa shape index (κ3) is 8.88. The molecule has 8 fully saturated rings. The maximum atomic E-state index is 6.22. The lowest BCUT2D eigenvalue weighted by Crippen LogP contribution is -2.55. The molecule has 4 heteroatoms. The number of thiophene rings is 1. The third-order valence-electron chi connectivity index (χ3n) is 27.2. The van der Waals surface area contributed by atoms with Gasteiger partial charge in [-0.3, -0.25) is 0 Å². The number of rotatable bonds is 8. The van der Waals surface area contributed by atoms with Crippen LogP contribution in [0.2, 0.25) is 0 Å². The van der Waals surface area contributed by atoms with Crippen LogP contribution in [0.15, 0.2) is 308 Å². The van der Waals surface area contributed by atoms with Crippen LogP contribution in [-0.2, 0) is 10.8 Å². The van der Waals surface area contributed by atoms with Crippen LogP contribution in [0, 0.1) is 47.3 Å². The summed E-state index contributed by atoms with van der Waals surface area (Å²) in [6.45, 7) is 0. The Kier molecular flexibility index (Phi) is 13.1. The lowest BCUT2D eigenvalue weighted by atomic mass is 9.43. The van der Waals surface area contributed by atoms with Crippen molar-refractivity contribution in [3.05, 3.63) is 326 Å². The standard InChI is InChI=1S/C50H39NO.C50H39NS/c2*1-2-8-35-28-40(19-15-33(35)7-1)51(41-20-22-49-45(30-41)43-10-4-6-12-48(43)52-49)39-17-13-34(14-18-39)36-16-21-47-44(29-36)42-9-3-5-11-46(42)50(47)37-24-31-23-32(26-37)27-38(50)25-31/h2*1-22,28-32,37-38H,23-27H2. The molecule has 104 heavy (non-hydrogen) atoms. The molecule has 0 N–H and O–H groups in total. The molecule has 2 spiro atoms. The number of benzene rings is 14. The molecule has 0 atom stereocenters. The van der Waals surface area contributed by atoms with Crippen molar-refractivity contribution in [2.45, 2.75) is 75.0 Å². The average molecular weight is 1360 g/mol. The molecule has 0 saturated heterocycles. The Bertz CT molecular complexity index is 5750. The SMILES string of the molecule is c1ccc2c(c1)-c1cc(-c3ccc(N(c4ccc5ccccc5c4)c4ccc5oc6ccccc6c5c4)cc3)ccc1C21C2CC3CC(C2)CC1C3.c1ccc2c(c1)-c1cc(-c3ccc(N(c4ccc5ccccc5c4)c4ccc5sc6ccccc6c5c4)cc3)ccc1C21C2CC3CC(C2)CC1C3. The molecule has 500 valence electrons. The molecule has 0 unspecified atom stereocenters. The summed E-state index contributed by atoms with van der Waals surface area (Å²) in [5.74, 6) is 7.00. The summed E-state index contributed by atoms with van der Waals surface area (Å²) >= 11 is 1.87. The van der Waals surface area contributed by atoms with Crippen molar-refractivity contribution in [1.29, 1.82) is 0 Å². The van der Waals surface area contributed by atoms with Crippen LogP contribution < -0.4 is 9.80 Å². The van der Waals surface area contributed by atoms with E-state index in [0.29, 0.717) is 0 Å². The van der Waals surface area contributed by atoms with Gasteiger partial charge in [-0.2, -0.15) is 0 Å². The summed E-state index contributed by atoms with van der Waals surface area (Å²) in [7, 11) is 0. The van der Waals surface area contributed by atoms with Crippen molar-refractivity contribution in [3.63, 3.8) is 0 Å². The van der Waals surface area contributed by atoms with Gasteiger partial charge in [-0.05, 0) is 309 Å². The smallest absolute Gasteiger partial charge is 0.135 e. The van der Waals surface area contributed by atoms with Gasteiger partial charge in [0.15, 0.2) is 0 Å². The van der Waals surface area contributed by atoms with Crippen molar-refractivity contribution in [3.8, 4) is 44.5 Å². The normalized spacial score (nSPS) is 23.8. The second kappa shape index (κ2) is 22.9. The Morgan fingerprint density at radius 3 is 1.15 bits per heavy atom. The molecule has 14 aromatic carbocycles. The number of furan rings is 1. The van der Waals surface area contributed by atoms with E-state index in [1.165, 1.54) is 162 Å². The first kappa shape index (κ1) is 59.7. The Hall–Kier alpha value is -10.8. The van der Waals surface area contributed by atoms with Gasteiger partial charge in [0.25, 0.3) is 0 Å². The third-order valence-corrected chi connectivity index (χ3v) is 28.4. The van der Waals surface area contributed by atoms with Gasteiger partial charge in [0.1, 0.15) is 11.2 Å². The van der Waals surface area contributed by atoms with Gasteiger partial charge in [-0.15, -0.1) is 11.3 Å². The van der Waals surface area contributed by atoms with E-state index in [2.05, 4.69) is 307 Å². The van der Waals surface area contributed by atoms with Gasteiger partial charge in [-0.25, -0.2) is 0 Å². The highest BCUT2D eigenvalue weighted by molar-refractivity contribution is 7.25. The fourth-order valence-electron chi connectivity index (χ4n) is 23.5. The molecule has 10 aliphatic rings. The van der Waals surface area contributed by atoms with Crippen molar-refractivity contribution >= 4 is 109 Å². The maximum Gasteiger partial charge on any atom is 0.135 e. The van der Waals surface area contributed by atoms with Gasteiger partial charge < -0.3 is 14.2 Å². The highest BCUT2D eigenvalue weighted by Crippen LogP contribution is 2.71. The summed E-state index contributed by atoms with van der Waals surface area (Å²) in [6.07, 6.45) is 14.3. The second-order valence-corrected chi connectivity index (χ2v) is 33.4. The molecule has 8 bridgehead atoms. The van der Waals surface area contributed by atoms with E-state index in [1.807, 2.05) is 17.4 Å². The molecule has 2 aromatic heterocycles. The first-order valence-electron chi connectivity index (χ1n) is 38.5. The first-order chi connectivity index (χ1) is 51.4. The van der Waals surface area contributed by atoms with Crippen LogP contribution in [0.3, 0.4) is 0 Å². The largest absolute Gasteiger partial charge is 0.456 e. The molecule has 2 heterocycles. The van der Waals surface area contributed by atoms with E-state index >= 15 is 0 Å². The summed E-state index contributed by atoms with van der Waals surface area (Å²) in [5.41, 5.74) is 26.7. The van der Waals surface area contributed by atoms with Crippen LogP contribution in [0.25, 0.3) is 108 Å². The van der Waals surface area contributed by atoms with Crippen LogP contribution in [0.5, 0.6) is 0 Å². The van der Waals surface area contributed by atoms with Crippen molar-refractivity contribution in [1.82, 2.24) is 0 Å². The minimum absolute atomic E-state index is 0.212. The minimum Gasteiger partial charge on any atom is -0.456 e. The quantitative estimate of drug-likeness (QED) is 0.151. The van der Waals surface area contributed by atoms with Crippen molar-refractivity contribution in [2.24, 2.45) is 47.3 Å². The topological polar surface area (TPSA) is 19.6 Å². The maximum absolute atomic E-state index is 6.22. The van der Waals surface area contributed by atoms with Crippen molar-refractivity contribution < 1.29 is 4.42 Å². The second-order valence-electron chi connectivity index (χ2n) is 32.3. The molecule has 0 radical (unpaired) electrons. The van der Waals surface area contributed by atoms with E-state index in [1.54, 1.807) is 22.3 Å². The summed E-state index contributed by atoms with van der Waals surface area (Å²) < 4.78 is 8.88. The number of nitrogens with zero attached hydrogens (tertiary/aromatic N) is 2. The summed E-state index contributed by atoms with van der Waals surface area (Å²) in [6, 6.07) is 114. The zero-order valence-corrected chi connectivity index (χ0v) is 59.1. The van der Waals surface area contributed by atoms with Gasteiger partial charge in [0.2, 0.25) is 0 Å². The number of fused-ring (bicyclic) bond motifs is 14. The highest BCUT2D eigenvalue weighted by Gasteiger charge is 2.63. The molecule has 26 rings (SSSR count). The van der Waals surface area contributed by atoms with Crippen LogP contribution in [0.4, 0.5) is 34.1 Å². The molecule has 16 aromatic rings.